The van der Waals surface area contributed by atoms with Crippen LogP contribution >= 0.6 is 15.9 Å². The molecule has 1 amide bonds. The Morgan fingerprint density at radius 3 is 2.75 bits per heavy atom. The molecule has 7 nitrogen and oxygen atoms in total. The van der Waals surface area contributed by atoms with Gasteiger partial charge in [-0.25, -0.2) is 9.37 Å². The predicted molar refractivity (Wildman–Crippen MR) is 107 cm³/mol. The second kappa shape index (κ2) is 7.83. The van der Waals surface area contributed by atoms with Gasteiger partial charge in [-0.05, 0) is 31.0 Å². The number of rotatable bonds is 4. The summed E-state index contributed by atoms with van der Waals surface area (Å²) in [5.74, 6) is 1.28. The largest absolute Gasteiger partial charge is 0.353 e. The molecule has 0 atom stereocenters. The van der Waals surface area contributed by atoms with Gasteiger partial charge in [0.05, 0.1) is 0 Å². The minimum absolute atomic E-state index is 0.0544. The van der Waals surface area contributed by atoms with Crippen molar-refractivity contribution in [3.05, 3.63) is 52.1 Å². The van der Waals surface area contributed by atoms with Crippen LogP contribution in [0.3, 0.4) is 0 Å². The number of hydrogen-bond acceptors (Lipinski definition) is 5. The lowest BCUT2D eigenvalue weighted by molar-refractivity contribution is -0.131. The van der Waals surface area contributed by atoms with Gasteiger partial charge in [0.2, 0.25) is 5.91 Å². The number of piperazine rings is 1. The van der Waals surface area contributed by atoms with Gasteiger partial charge in [0.15, 0.2) is 0 Å². The number of benzene rings is 1. The summed E-state index contributed by atoms with van der Waals surface area (Å²) in [5.41, 5.74) is 1.45. The molecule has 2 aromatic heterocycles. The van der Waals surface area contributed by atoms with Crippen molar-refractivity contribution in [1.82, 2.24) is 24.5 Å². The van der Waals surface area contributed by atoms with E-state index in [1.165, 1.54) is 12.4 Å². The Labute approximate surface area is 170 Å². The van der Waals surface area contributed by atoms with Crippen LogP contribution in [-0.2, 0) is 11.2 Å². The Bertz CT molecular complexity index is 1010. The highest BCUT2D eigenvalue weighted by molar-refractivity contribution is 9.10. The summed E-state index contributed by atoms with van der Waals surface area (Å²) in [6, 6.07) is 6.93. The highest BCUT2D eigenvalue weighted by Crippen LogP contribution is 2.19. The Morgan fingerprint density at radius 2 is 2.00 bits per heavy atom. The number of halogens is 2. The topological polar surface area (TPSA) is 66.6 Å². The quantitative estimate of drug-likeness (QED) is 0.616. The number of hydrogen-bond donors (Lipinski definition) is 0. The minimum Gasteiger partial charge on any atom is -0.353 e. The number of aromatic nitrogens is 4. The summed E-state index contributed by atoms with van der Waals surface area (Å²) in [4.78, 5) is 25.1. The van der Waals surface area contributed by atoms with Crippen LogP contribution < -0.4 is 4.90 Å². The van der Waals surface area contributed by atoms with E-state index in [0.717, 1.165) is 11.5 Å². The second-order valence-corrected chi connectivity index (χ2v) is 7.75. The maximum atomic E-state index is 13.9. The number of carbonyl (C=O) groups excluding carboxylic acids is 1. The fourth-order valence-electron chi connectivity index (χ4n) is 3.45. The molecular formula is C19H20BrFN6O. The molecule has 0 radical (unpaired) electrons. The van der Waals surface area contributed by atoms with Gasteiger partial charge >= 0.3 is 0 Å². The van der Waals surface area contributed by atoms with Crippen molar-refractivity contribution in [3.63, 3.8) is 0 Å². The monoisotopic (exact) mass is 446 g/mol. The van der Waals surface area contributed by atoms with Crippen LogP contribution in [-0.4, -0.2) is 56.6 Å². The molecule has 0 saturated carbocycles. The normalized spacial score (nSPS) is 14.7. The summed E-state index contributed by atoms with van der Waals surface area (Å²) in [6.07, 6.45) is 2.20. The second-order valence-electron chi connectivity index (χ2n) is 6.83. The number of fused-ring (bicyclic) bond motifs is 1. The zero-order valence-electron chi connectivity index (χ0n) is 15.5. The van der Waals surface area contributed by atoms with Gasteiger partial charge in [-0.3, -0.25) is 4.79 Å². The van der Waals surface area contributed by atoms with Crippen molar-refractivity contribution in [3.8, 4) is 0 Å². The van der Waals surface area contributed by atoms with E-state index < -0.39 is 0 Å². The smallest absolute Gasteiger partial charge is 0.254 e. The first-order valence-electron chi connectivity index (χ1n) is 9.15. The third-order valence-electron chi connectivity index (χ3n) is 4.94. The molecule has 0 unspecified atom stereocenters. The van der Waals surface area contributed by atoms with Crippen molar-refractivity contribution in [2.75, 3.05) is 31.1 Å². The third kappa shape index (κ3) is 3.84. The molecule has 0 N–H and O–H groups in total. The van der Waals surface area contributed by atoms with Crippen LogP contribution in [0.2, 0.25) is 0 Å². The van der Waals surface area contributed by atoms with Gasteiger partial charge in [0.1, 0.15) is 18.0 Å². The van der Waals surface area contributed by atoms with Crippen molar-refractivity contribution >= 4 is 33.4 Å². The molecule has 0 aliphatic carbocycles. The Morgan fingerprint density at radius 1 is 1.21 bits per heavy atom. The third-order valence-corrected chi connectivity index (χ3v) is 5.43. The molecule has 28 heavy (non-hydrogen) atoms. The highest BCUT2D eigenvalue weighted by atomic mass is 79.9. The molecule has 3 heterocycles. The zero-order chi connectivity index (χ0) is 19.7. The lowest BCUT2D eigenvalue weighted by Gasteiger charge is -2.36. The van der Waals surface area contributed by atoms with Crippen molar-refractivity contribution in [2.24, 2.45) is 0 Å². The molecule has 1 saturated heterocycles. The molecule has 1 aliphatic rings. The number of amides is 1. The van der Waals surface area contributed by atoms with Crippen molar-refractivity contribution in [1.29, 1.82) is 0 Å². The molecule has 4 rings (SSSR count). The van der Waals surface area contributed by atoms with Gasteiger partial charge in [0.25, 0.3) is 5.78 Å². The number of nitrogens with zero attached hydrogens (tertiary/aromatic N) is 6. The van der Waals surface area contributed by atoms with Crippen LogP contribution in [0.25, 0.3) is 5.78 Å². The van der Waals surface area contributed by atoms with E-state index in [-0.39, 0.29) is 11.7 Å². The standard InChI is InChI=1S/C19H20BrFN6O/c1-13-10-17(27-19(24-13)22-12-23-27)25-6-8-26(9-7-25)18(28)5-3-14-2-4-15(20)11-16(14)21/h2,4,10-12H,3,5-9H2,1H3. The maximum absolute atomic E-state index is 13.9. The molecule has 146 valence electrons. The Balaban J connectivity index is 1.37. The zero-order valence-corrected chi connectivity index (χ0v) is 17.1. The van der Waals surface area contributed by atoms with Gasteiger partial charge in [-0.1, -0.05) is 22.0 Å². The predicted octanol–water partition coefficient (Wildman–Crippen LogP) is 2.62. The van der Waals surface area contributed by atoms with E-state index in [4.69, 9.17) is 0 Å². The van der Waals surface area contributed by atoms with E-state index >= 15 is 0 Å². The molecule has 0 spiro atoms. The van der Waals surface area contributed by atoms with Crippen LogP contribution in [0.5, 0.6) is 0 Å². The molecule has 9 heteroatoms. The molecular weight excluding hydrogens is 427 g/mol. The first-order chi connectivity index (χ1) is 13.5. The van der Waals surface area contributed by atoms with E-state index in [9.17, 15) is 9.18 Å². The summed E-state index contributed by atoms with van der Waals surface area (Å²) in [5, 5.41) is 4.25. The van der Waals surface area contributed by atoms with Crippen molar-refractivity contribution < 1.29 is 9.18 Å². The van der Waals surface area contributed by atoms with Gasteiger partial charge in [-0.2, -0.15) is 14.6 Å². The first-order valence-corrected chi connectivity index (χ1v) is 9.94. The van der Waals surface area contributed by atoms with E-state index in [0.29, 0.717) is 54.8 Å². The van der Waals surface area contributed by atoms with E-state index in [2.05, 4.69) is 35.9 Å². The van der Waals surface area contributed by atoms with E-state index in [1.807, 2.05) is 17.9 Å². The van der Waals surface area contributed by atoms with Crippen LogP contribution in [0, 0.1) is 12.7 Å². The fourth-order valence-corrected chi connectivity index (χ4v) is 3.78. The summed E-state index contributed by atoms with van der Waals surface area (Å²) in [6.45, 7) is 4.59. The fraction of sp³-hybridized carbons (Fsp3) is 0.368. The summed E-state index contributed by atoms with van der Waals surface area (Å²) in [7, 11) is 0. The molecule has 0 bridgehead atoms. The highest BCUT2D eigenvalue weighted by Gasteiger charge is 2.23. The molecule has 1 fully saturated rings. The Hall–Kier alpha value is -2.55. The summed E-state index contributed by atoms with van der Waals surface area (Å²) >= 11 is 3.25. The van der Waals surface area contributed by atoms with Gasteiger partial charge in [-0.15, -0.1) is 0 Å². The van der Waals surface area contributed by atoms with Crippen LogP contribution in [0.1, 0.15) is 17.7 Å². The number of carbonyl (C=O) groups is 1. The summed E-state index contributed by atoms with van der Waals surface area (Å²) < 4.78 is 16.4. The Kier molecular flexibility index (Phi) is 5.25. The van der Waals surface area contributed by atoms with Gasteiger partial charge in [0, 0.05) is 48.8 Å². The SMILES string of the molecule is Cc1cc(N2CCN(C(=O)CCc3ccc(Br)cc3F)CC2)n2ncnc2n1. The van der Waals surface area contributed by atoms with Crippen LogP contribution in [0.15, 0.2) is 35.1 Å². The minimum atomic E-state index is -0.281. The molecule has 1 aromatic carbocycles. The lowest BCUT2D eigenvalue weighted by atomic mass is 10.1. The first kappa shape index (κ1) is 18.8. The maximum Gasteiger partial charge on any atom is 0.254 e. The molecule has 1 aliphatic heterocycles. The average Bonchev–Trinajstić information content (AvgIpc) is 3.15. The molecule has 3 aromatic rings. The number of aryl methyl sites for hydroxylation is 2. The van der Waals surface area contributed by atoms with E-state index in [1.54, 1.807) is 16.6 Å². The average molecular weight is 447 g/mol. The number of anilines is 1. The van der Waals surface area contributed by atoms with Crippen LogP contribution in [0.4, 0.5) is 10.2 Å². The van der Waals surface area contributed by atoms with Crippen molar-refractivity contribution in [2.45, 2.75) is 19.8 Å². The van der Waals surface area contributed by atoms with Gasteiger partial charge < -0.3 is 9.80 Å². The lowest BCUT2D eigenvalue weighted by Crippen LogP contribution is -2.49.